The molecule has 1 fully saturated rings. The van der Waals surface area contributed by atoms with Crippen LogP contribution in [0.1, 0.15) is 5.76 Å². The van der Waals surface area contributed by atoms with E-state index in [4.69, 9.17) is 4.42 Å². The van der Waals surface area contributed by atoms with E-state index in [-0.39, 0.29) is 12.6 Å². The van der Waals surface area contributed by atoms with Gasteiger partial charge in [-0.1, -0.05) is 0 Å². The maximum atomic E-state index is 9.18. The van der Waals surface area contributed by atoms with Gasteiger partial charge in [-0.25, -0.2) is 0 Å². The lowest BCUT2D eigenvalue weighted by Crippen LogP contribution is -2.52. The largest absolute Gasteiger partial charge is 0.468 e. The minimum Gasteiger partial charge on any atom is -0.468 e. The number of aliphatic hydroxyl groups is 1. The van der Waals surface area contributed by atoms with Gasteiger partial charge in [0.1, 0.15) is 5.76 Å². The zero-order chi connectivity index (χ0) is 9.80. The molecule has 0 aromatic carbocycles. The highest BCUT2D eigenvalue weighted by Crippen LogP contribution is 2.10. The first-order valence-corrected chi connectivity index (χ1v) is 4.98. The highest BCUT2D eigenvalue weighted by Gasteiger charge is 2.21. The molecule has 1 atom stereocenters. The number of hydrogen-bond acceptors (Lipinski definition) is 4. The first-order valence-electron chi connectivity index (χ1n) is 4.98. The molecular weight excluding hydrogens is 180 g/mol. The van der Waals surface area contributed by atoms with E-state index in [0.717, 1.165) is 31.9 Å². The fraction of sp³-hybridized carbons (Fsp3) is 0.600. The van der Waals surface area contributed by atoms with Gasteiger partial charge in [-0.05, 0) is 12.1 Å². The molecule has 0 spiro atoms. The van der Waals surface area contributed by atoms with Crippen LogP contribution in [-0.2, 0) is 6.54 Å². The summed E-state index contributed by atoms with van der Waals surface area (Å²) in [7, 11) is 0. The van der Waals surface area contributed by atoms with E-state index in [1.165, 1.54) is 0 Å². The molecule has 0 radical (unpaired) electrons. The molecule has 4 heteroatoms. The maximum absolute atomic E-state index is 9.18. The Hall–Kier alpha value is -0.840. The second kappa shape index (κ2) is 4.59. The first-order chi connectivity index (χ1) is 6.90. The molecule has 2 heterocycles. The predicted octanol–water partition coefficient (Wildman–Crippen LogP) is 0.0457. The summed E-state index contributed by atoms with van der Waals surface area (Å²) in [6.07, 6.45) is 1.69. The molecule has 1 aliphatic rings. The van der Waals surface area contributed by atoms with Crippen LogP contribution in [0.25, 0.3) is 0 Å². The second-order valence-corrected chi connectivity index (χ2v) is 3.59. The number of aliphatic hydroxyl groups excluding tert-OH is 1. The summed E-state index contributed by atoms with van der Waals surface area (Å²) in [6.45, 7) is 3.80. The summed E-state index contributed by atoms with van der Waals surface area (Å²) in [4.78, 5) is 2.25. The molecule has 14 heavy (non-hydrogen) atoms. The number of nitrogens with one attached hydrogen (secondary N) is 1. The molecule has 1 saturated heterocycles. The van der Waals surface area contributed by atoms with Crippen molar-refractivity contribution in [2.45, 2.75) is 12.6 Å². The van der Waals surface area contributed by atoms with Gasteiger partial charge < -0.3 is 14.8 Å². The van der Waals surface area contributed by atoms with Gasteiger partial charge in [-0.15, -0.1) is 0 Å². The Morgan fingerprint density at radius 1 is 1.64 bits per heavy atom. The Morgan fingerprint density at radius 3 is 3.29 bits per heavy atom. The summed E-state index contributed by atoms with van der Waals surface area (Å²) in [5.74, 6) is 0.963. The molecule has 0 aliphatic carbocycles. The molecule has 4 nitrogen and oxygen atoms in total. The van der Waals surface area contributed by atoms with Crippen molar-refractivity contribution in [3.63, 3.8) is 0 Å². The van der Waals surface area contributed by atoms with Crippen molar-refractivity contribution in [3.8, 4) is 0 Å². The average molecular weight is 196 g/mol. The van der Waals surface area contributed by atoms with Crippen molar-refractivity contribution in [1.82, 2.24) is 10.2 Å². The van der Waals surface area contributed by atoms with Crippen LogP contribution in [0.5, 0.6) is 0 Å². The summed E-state index contributed by atoms with van der Waals surface area (Å²) in [5.41, 5.74) is 0. The van der Waals surface area contributed by atoms with E-state index in [1.54, 1.807) is 6.26 Å². The topological polar surface area (TPSA) is 48.6 Å². The molecule has 1 unspecified atom stereocenters. The predicted molar refractivity (Wildman–Crippen MR) is 52.9 cm³/mol. The highest BCUT2D eigenvalue weighted by atomic mass is 16.3. The van der Waals surface area contributed by atoms with Gasteiger partial charge in [0, 0.05) is 25.7 Å². The molecule has 0 amide bonds. The Labute approximate surface area is 83.5 Å². The third-order valence-electron chi connectivity index (χ3n) is 2.62. The molecule has 1 aliphatic heterocycles. The third kappa shape index (κ3) is 2.15. The Balaban J connectivity index is 1.94. The molecule has 0 saturated carbocycles. The van der Waals surface area contributed by atoms with Gasteiger partial charge in [0.15, 0.2) is 0 Å². The van der Waals surface area contributed by atoms with Crippen LogP contribution in [0.2, 0.25) is 0 Å². The van der Waals surface area contributed by atoms with Crippen molar-refractivity contribution >= 4 is 0 Å². The quantitative estimate of drug-likeness (QED) is 0.717. The third-order valence-corrected chi connectivity index (χ3v) is 2.62. The molecular formula is C10H16N2O2. The van der Waals surface area contributed by atoms with E-state index in [1.807, 2.05) is 12.1 Å². The molecule has 1 aromatic heterocycles. The second-order valence-electron chi connectivity index (χ2n) is 3.59. The van der Waals surface area contributed by atoms with Gasteiger partial charge in [0.25, 0.3) is 0 Å². The zero-order valence-electron chi connectivity index (χ0n) is 8.15. The summed E-state index contributed by atoms with van der Waals surface area (Å²) in [5, 5.41) is 12.4. The Kier molecular flexibility index (Phi) is 3.18. The van der Waals surface area contributed by atoms with E-state index < -0.39 is 0 Å². The number of hydrogen-bond donors (Lipinski definition) is 2. The molecule has 2 N–H and O–H groups in total. The minimum absolute atomic E-state index is 0.202. The van der Waals surface area contributed by atoms with Crippen molar-refractivity contribution in [1.29, 1.82) is 0 Å². The lowest BCUT2D eigenvalue weighted by Gasteiger charge is -2.34. The van der Waals surface area contributed by atoms with Crippen molar-refractivity contribution in [2.75, 3.05) is 26.2 Å². The van der Waals surface area contributed by atoms with Gasteiger partial charge in [-0.2, -0.15) is 0 Å². The molecule has 1 aromatic rings. The Bertz CT molecular complexity index is 261. The highest BCUT2D eigenvalue weighted by molar-refractivity contribution is 4.99. The van der Waals surface area contributed by atoms with E-state index in [0.29, 0.717) is 0 Å². The van der Waals surface area contributed by atoms with E-state index in [2.05, 4.69) is 10.2 Å². The lowest BCUT2D eigenvalue weighted by molar-refractivity contribution is 0.0885. The van der Waals surface area contributed by atoms with Crippen molar-refractivity contribution in [3.05, 3.63) is 24.2 Å². The maximum Gasteiger partial charge on any atom is 0.117 e. The summed E-state index contributed by atoms with van der Waals surface area (Å²) in [6, 6.07) is 4.08. The van der Waals surface area contributed by atoms with Crippen LogP contribution in [-0.4, -0.2) is 42.3 Å². The average Bonchev–Trinajstić information content (AvgIpc) is 2.71. The smallest absolute Gasteiger partial charge is 0.117 e. The fourth-order valence-electron chi connectivity index (χ4n) is 1.79. The standard InChI is InChI=1S/C10H16N2O2/c13-8-9-6-11-3-4-12(9)7-10-2-1-5-14-10/h1-2,5,9,11,13H,3-4,6-8H2. The van der Waals surface area contributed by atoms with Crippen molar-refractivity contribution < 1.29 is 9.52 Å². The zero-order valence-corrected chi connectivity index (χ0v) is 8.15. The van der Waals surface area contributed by atoms with Gasteiger partial charge >= 0.3 is 0 Å². The first kappa shape index (κ1) is 9.71. The van der Waals surface area contributed by atoms with Crippen LogP contribution in [0.15, 0.2) is 22.8 Å². The van der Waals surface area contributed by atoms with Crippen LogP contribution in [0.4, 0.5) is 0 Å². The van der Waals surface area contributed by atoms with Crippen LogP contribution in [0.3, 0.4) is 0 Å². The molecule has 78 valence electrons. The van der Waals surface area contributed by atoms with Gasteiger partial charge in [-0.3, -0.25) is 4.90 Å². The normalized spacial score (nSPS) is 23.9. The summed E-state index contributed by atoms with van der Waals surface area (Å²) >= 11 is 0. The molecule has 2 rings (SSSR count). The monoisotopic (exact) mass is 196 g/mol. The van der Waals surface area contributed by atoms with E-state index in [9.17, 15) is 5.11 Å². The van der Waals surface area contributed by atoms with E-state index >= 15 is 0 Å². The number of nitrogens with zero attached hydrogens (tertiary/aromatic N) is 1. The SMILES string of the molecule is OCC1CNCCN1Cc1ccco1. The minimum atomic E-state index is 0.202. The summed E-state index contributed by atoms with van der Waals surface area (Å²) < 4.78 is 5.29. The van der Waals surface area contributed by atoms with Gasteiger partial charge in [0.2, 0.25) is 0 Å². The Morgan fingerprint density at radius 2 is 2.57 bits per heavy atom. The number of piperazine rings is 1. The van der Waals surface area contributed by atoms with Gasteiger partial charge in [0.05, 0.1) is 19.4 Å². The number of furan rings is 1. The molecule has 0 bridgehead atoms. The number of rotatable bonds is 3. The lowest BCUT2D eigenvalue weighted by atomic mass is 10.2. The fourth-order valence-corrected chi connectivity index (χ4v) is 1.79. The van der Waals surface area contributed by atoms with Crippen molar-refractivity contribution in [2.24, 2.45) is 0 Å². The van der Waals surface area contributed by atoms with Crippen LogP contribution < -0.4 is 5.32 Å². The van der Waals surface area contributed by atoms with Crippen LogP contribution >= 0.6 is 0 Å². The van der Waals surface area contributed by atoms with Crippen LogP contribution in [0, 0.1) is 0 Å².